The van der Waals surface area contributed by atoms with Crippen molar-refractivity contribution >= 4 is 0 Å². The van der Waals surface area contributed by atoms with Gasteiger partial charge in [-0.15, -0.1) is 0 Å². The van der Waals surface area contributed by atoms with Gasteiger partial charge in [-0.1, -0.05) is 44.9 Å². The third-order valence-corrected chi connectivity index (χ3v) is 4.34. The van der Waals surface area contributed by atoms with Crippen molar-refractivity contribution in [3.05, 3.63) is 0 Å². The molecule has 0 heterocycles. The number of hydrogen-bond donors (Lipinski definition) is 1. The van der Waals surface area contributed by atoms with Crippen LogP contribution in [0.2, 0.25) is 0 Å². The Morgan fingerprint density at radius 2 is 1.43 bits per heavy atom. The Balaban J connectivity index is 1.68. The maximum absolute atomic E-state index is 3.53. The molecule has 2 aliphatic carbocycles. The molecule has 1 N–H and O–H groups in total. The number of rotatable bonds is 5. The van der Waals surface area contributed by atoms with Gasteiger partial charge in [0.1, 0.15) is 0 Å². The molecule has 2 saturated carbocycles. The van der Waals surface area contributed by atoms with E-state index in [2.05, 4.69) is 12.4 Å². The maximum Gasteiger partial charge on any atom is 0.00693 e. The van der Waals surface area contributed by atoms with Crippen molar-refractivity contribution in [2.75, 3.05) is 7.05 Å². The first-order valence-electron chi connectivity index (χ1n) is 6.55. The normalized spacial score (nSPS) is 26.4. The van der Waals surface area contributed by atoms with E-state index in [1.807, 2.05) is 0 Å². The van der Waals surface area contributed by atoms with Crippen LogP contribution in [-0.2, 0) is 0 Å². The second kappa shape index (κ2) is 5.16. The molecule has 1 atom stereocenters. The fourth-order valence-corrected chi connectivity index (χ4v) is 3.11. The Morgan fingerprint density at radius 3 is 1.79 bits per heavy atom. The molecule has 0 saturated heterocycles. The molecule has 1 heteroatoms. The monoisotopic (exact) mass is 195 g/mol. The summed E-state index contributed by atoms with van der Waals surface area (Å²) in [5.41, 5.74) is 0. The highest BCUT2D eigenvalue weighted by Gasteiger charge is 2.24. The van der Waals surface area contributed by atoms with E-state index >= 15 is 0 Å². The molecule has 0 bridgehead atoms. The third kappa shape index (κ3) is 2.73. The van der Waals surface area contributed by atoms with Crippen molar-refractivity contribution < 1.29 is 0 Å². The molecule has 0 aromatic carbocycles. The van der Waals surface area contributed by atoms with Crippen molar-refractivity contribution in [3.8, 4) is 0 Å². The zero-order valence-electron chi connectivity index (χ0n) is 9.60. The van der Waals surface area contributed by atoms with Gasteiger partial charge in [-0.25, -0.2) is 0 Å². The van der Waals surface area contributed by atoms with E-state index in [0.29, 0.717) is 0 Å². The van der Waals surface area contributed by atoms with Gasteiger partial charge < -0.3 is 5.32 Å². The summed E-state index contributed by atoms with van der Waals surface area (Å²) in [5.74, 6) is 2.11. The molecule has 2 aliphatic rings. The van der Waals surface area contributed by atoms with Crippen molar-refractivity contribution in [2.45, 2.75) is 63.8 Å². The van der Waals surface area contributed by atoms with E-state index < -0.39 is 0 Å². The fraction of sp³-hybridized carbons (Fsp3) is 1.00. The van der Waals surface area contributed by atoms with Crippen LogP contribution >= 0.6 is 0 Å². The van der Waals surface area contributed by atoms with Crippen LogP contribution in [0.4, 0.5) is 0 Å². The first kappa shape index (κ1) is 10.5. The molecular weight excluding hydrogens is 170 g/mol. The summed E-state index contributed by atoms with van der Waals surface area (Å²) in [7, 11) is 2.15. The molecule has 0 aromatic heterocycles. The second-order valence-corrected chi connectivity index (χ2v) is 5.40. The van der Waals surface area contributed by atoms with E-state index in [4.69, 9.17) is 0 Å². The largest absolute Gasteiger partial charge is 0.317 e. The molecule has 0 aliphatic heterocycles. The highest BCUT2D eigenvalue weighted by Crippen LogP contribution is 2.34. The zero-order valence-corrected chi connectivity index (χ0v) is 9.60. The van der Waals surface area contributed by atoms with Crippen LogP contribution in [0, 0.1) is 11.8 Å². The van der Waals surface area contributed by atoms with Crippen LogP contribution in [0.1, 0.15) is 57.8 Å². The van der Waals surface area contributed by atoms with E-state index in [-0.39, 0.29) is 0 Å². The third-order valence-electron chi connectivity index (χ3n) is 4.34. The van der Waals surface area contributed by atoms with E-state index in [1.54, 1.807) is 0 Å². The van der Waals surface area contributed by atoms with Gasteiger partial charge in [-0.3, -0.25) is 0 Å². The topological polar surface area (TPSA) is 12.0 Å². The summed E-state index contributed by atoms with van der Waals surface area (Å²) in [6, 6.07) is 0.823. The lowest BCUT2D eigenvalue weighted by molar-refractivity contribution is 0.246. The smallest absolute Gasteiger partial charge is 0.00693 e. The molecule has 82 valence electrons. The van der Waals surface area contributed by atoms with Crippen LogP contribution < -0.4 is 5.32 Å². The molecule has 2 fully saturated rings. The van der Waals surface area contributed by atoms with Crippen LogP contribution in [0.3, 0.4) is 0 Å². The van der Waals surface area contributed by atoms with Crippen molar-refractivity contribution in [2.24, 2.45) is 11.8 Å². The summed E-state index contributed by atoms with van der Waals surface area (Å²) < 4.78 is 0. The summed E-state index contributed by atoms with van der Waals surface area (Å²) in [4.78, 5) is 0. The van der Waals surface area contributed by atoms with E-state index in [1.165, 1.54) is 57.8 Å². The van der Waals surface area contributed by atoms with Gasteiger partial charge >= 0.3 is 0 Å². The van der Waals surface area contributed by atoms with Crippen LogP contribution in [0.15, 0.2) is 0 Å². The summed E-state index contributed by atoms with van der Waals surface area (Å²) in [6.45, 7) is 0. The SMILES string of the molecule is CNC(CC1CCCC1)CC1CCC1. The van der Waals surface area contributed by atoms with Crippen LogP contribution in [0.25, 0.3) is 0 Å². The molecule has 0 aromatic rings. The van der Waals surface area contributed by atoms with Gasteiger partial charge in [-0.2, -0.15) is 0 Å². The maximum atomic E-state index is 3.53. The van der Waals surface area contributed by atoms with E-state index in [0.717, 1.165) is 17.9 Å². The number of nitrogens with one attached hydrogen (secondary N) is 1. The molecule has 1 nitrogen and oxygen atoms in total. The standard InChI is InChI=1S/C13H25N/c1-14-13(10-12-7-4-8-12)9-11-5-2-3-6-11/h11-14H,2-10H2,1H3. The predicted octanol–water partition coefficient (Wildman–Crippen LogP) is 3.34. The minimum Gasteiger partial charge on any atom is -0.317 e. The van der Waals surface area contributed by atoms with Gasteiger partial charge in [0.15, 0.2) is 0 Å². The molecule has 0 amide bonds. The predicted molar refractivity (Wildman–Crippen MR) is 61.4 cm³/mol. The first-order chi connectivity index (χ1) is 6.88. The average Bonchev–Trinajstić information content (AvgIpc) is 2.61. The van der Waals surface area contributed by atoms with Crippen molar-refractivity contribution in [1.82, 2.24) is 5.32 Å². The van der Waals surface area contributed by atoms with Gasteiger partial charge in [0.25, 0.3) is 0 Å². The Bertz CT molecular complexity index is 157. The minimum atomic E-state index is 0.823. The second-order valence-electron chi connectivity index (χ2n) is 5.40. The Hall–Kier alpha value is -0.0400. The van der Waals surface area contributed by atoms with Crippen LogP contribution in [0.5, 0.6) is 0 Å². The average molecular weight is 195 g/mol. The van der Waals surface area contributed by atoms with Crippen molar-refractivity contribution in [1.29, 1.82) is 0 Å². The quantitative estimate of drug-likeness (QED) is 0.709. The van der Waals surface area contributed by atoms with E-state index in [9.17, 15) is 0 Å². The molecular formula is C13H25N. The fourth-order valence-electron chi connectivity index (χ4n) is 3.11. The zero-order chi connectivity index (χ0) is 9.80. The molecule has 1 unspecified atom stereocenters. The summed E-state index contributed by atoms with van der Waals surface area (Å²) >= 11 is 0. The Morgan fingerprint density at radius 1 is 0.929 bits per heavy atom. The molecule has 0 radical (unpaired) electrons. The lowest BCUT2D eigenvalue weighted by Crippen LogP contribution is -2.31. The van der Waals surface area contributed by atoms with Gasteiger partial charge in [0.2, 0.25) is 0 Å². The lowest BCUT2D eigenvalue weighted by atomic mass is 9.79. The minimum absolute atomic E-state index is 0.823. The summed E-state index contributed by atoms with van der Waals surface area (Å²) in [5, 5.41) is 3.53. The Kier molecular flexibility index (Phi) is 3.86. The molecule has 0 spiro atoms. The molecule has 14 heavy (non-hydrogen) atoms. The highest BCUT2D eigenvalue weighted by atomic mass is 14.9. The Labute approximate surface area is 88.7 Å². The first-order valence-corrected chi connectivity index (χ1v) is 6.55. The van der Waals surface area contributed by atoms with Crippen LogP contribution in [-0.4, -0.2) is 13.1 Å². The van der Waals surface area contributed by atoms with Crippen molar-refractivity contribution in [3.63, 3.8) is 0 Å². The highest BCUT2D eigenvalue weighted by molar-refractivity contribution is 4.80. The summed E-state index contributed by atoms with van der Waals surface area (Å²) in [6.07, 6.45) is 13.4. The number of hydrogen-bond acceptors (Lipinski definition) is 1. The van der Waals surface area contributed by atoms with Gasteiger partial charge in [-0.05, 0) is 31.7 Å². The molecule has 2 rings (SSSR count). The van der Waals surface area contributed by atoms with Gasteiger partial charge in [0, 0.05) is 6.04 Å². The lowest BCUT2D eigenvalue weighted by Gasteiger charge is -2.30. The van der Waals surface area contributed by atoms with Gasteiger partial charge in [0.05, 0.1) is 0 Å².